The molecule has 9 heteroatoms. The molecular weight excluding hydrogens is 409 g/mol. The van der Waals surface area contributed by atoms with Gasteiger partial charge in [0.05, 0.1) is 17.1 Å². The second-order valence-corrected chi connectivity index (χ2v) is 7.61. The number of amides is 2. The number of halogens is 2. The van der Waals surface area contributed by atoms with Gasteiger partial charge in [-0.3, -0.25) is 9.59 Å². The van der Waals surface area contributed by atoms with Gasteiger partial charge in [0.15, 0.2) is 5.96 Å². The first kappa shape index (κ1) is 21.6. The largest absolute Gasteiger partial charge is 0.370 e. The van der Waals surface area contributed by atoms with Gasteiger partial charge in [0.1, 0.15) is 5.82 Å². The van der Waals surface area contributed by atoms with E-state index in [-0.39, 0.29) is 28.6 Å². The summed E-state index contributed by atoms with van der Waals surface area (Å²) < 4.78 is 13.5. The fourth-order valence-electron chi connectivity index (χ4n) is 3.67. The highest BCUT2D eigenvalue weighted by Gasteiger charge is 2.33. The third-order valence-corrected chi connectivity index (χ3v) is 5.41. The lowest BCUT2D eigenvalue weighted by Crippen LogP contribution is -2.50. The molecule has 6 N–H and O–H groups in total. The van der Waals surface area contributed by atoms with Gasteiger partial charge in [0, 0.05) is 5.69 Å². The molecule has 0 radical (unpaired) electrons. The topological polar surface area (TPSA) is 123 Å². The van der Waals surface area contributed by atoms with Crippen LogP contribution >= 0.6 is 11.6 Å². The highest BCUT2D eigenvalue weighted by Crippen LogP contribution is 2.34. The lowest BCUT2D eigenvalue weighted by molar-refractivity contribution is -0.136. The summed E-state index contributed by atoms with van der Waals surface area (Å²) in [4.78, 5) is 28.9. The van der Waals surface area contributed by atoms with Crippen LogP contribution < -0.4 is 22.1 Å². The molecule has 7 nitrogen and oxygen atoms in total. The molecule has 2 aromatic carbocycles. The number of nitrogens with zero attached hydrogens (tertiary/aromatic N) is 1. The van der Waals surface area contributed by atoms with Crippen molar-refractivity contribution in [2.75, 3.05) is 5.32 Å². The normalized spacial score (nSPS) is 20.8. The zero-order valence-electron chi connectivity index (χ0n) is 16.1. The monoisotopic (exact) mass is 431 g/mol. The molecule has 2 aromatic rings. The minimum Gasteiger partial charge on any atom is -0.370 e. The zero-order valence-corrected chi connectivity index (χ0v) is 16.9. The smallest absolute Gasteiger partial charge is 0.313 e. The Morgan fingerprint density at radius 2 is 1.80 bits per heavy atom. The summed E-state index contributed by atoms with van der Waals surface area (Å²) in [6.07, 6.45) is 2.06. The Labute approximate surface area is 178 Å². The van der Waals surface area contributed by atoms with Crippen LogP contribution in [0.25, 0.3) is 0 Å². The maximum Gasteiger partial charge on any atom is 0.313 e. The van der Waals surface area contributed by atoms with E-state index in [1.54, 1.807) is 0 Å². The van der Waals surface area contributed by atoms with Crippen molar-refractivity contribution in [2.24, 2.45) is 16.5 Å². The molecule has 0 heterocycles. The van der Waals surface area contributed by atoms with Gasteiger partial charge in [0.25, 0.3) is 0 Å². The maximum absolute atomic E-state index is 13.5. The molecule has 0 aliphatic heterocycles. The van der Waals surface area contributed by atoms with E-state index in [0.717, 1.165) is 12.5 Å². The van der Waals surface area contributed by atoms with Crippen LogP contribution in [0.15, 0.2) is 53.5 Å². The first-order chi connectivity index (χ1) is 14.3. The van der Waals surface area contributed by atoms with Gasteiger partial charge in [-0.05, 0) is 48.9 Å². The minimum atomic E-state index is -0.912. The molecule has 0 bridgehead atoms. The third-order valence-electron chi connectivity index (χ3n) is 5.10. The first-order valence-electron chi connectivity index (χ1n) is 9.54. The van der Waals surface area contributed by atoms with Crippen LogP contribution in [0.4, 0.5) is 10.1 Å². The van der Waals surface area contributed by atoms with E-state index in [1.807, 2.05) is 18.2 Å². The number of rotatable bonds is 4. The number of hydrogen-bond acceptors (Lipinski definition) is 3. The molecule has 1 fully saturated rings. The fourth-order valence-corrected chi connectivity index (χ4v) is 3.79. The number of carbonyl (C=O) groups is 2. The standard InChI is InChI=1S/C21H23ClFN5O2/c22-15-8-7-14(11-16(15)23)26-19(29)20(30)27-17-9-6-13(10-18(17)28-21(24)25)12-4-2-1-3-5-12/h1-5,7-8,11,13,17-18H,6,9-10H2,(H,26,29)(H,27,30)(H4,24,25,28). The number of nitrogens with one attached hydrogen (secondary N) is 2. The maximum atomic E-state index is 13.5. The minimum absolute atomic E-state index is 0.0750. The third kappa shape index (κ3) is 5.48. The number of nitrogens with two attached hydrogens (primary N) is 2. The molecule has 158 valence electrons. The van der Waals surface area contributed by atoms with Gasteiger partial charge in [-0.25, -0.2) is 9.38 Å². The summed E-state index contributed by atoms with van der Waals surface area (Å²) in [5.41, 5.74) is 12.5. The number of guanidine groups is 1. The highest BCUT2D eigenvalue weighted by molar-refractivity contribution is 6.39. The summed E-state index contributed by atoms with van der Waals surface area (Å²) in [5.74, 6) is -2.27. The number of aliphatic imine (C=N–C) groups is 1. The zero-order chi connectivity index (χ0) is 21.7. The van der Waals surface area contributed by atoms with E-state index in [2.05, 4.69) is 27.8 Å². The van der Waals surface area contributed by atoms with E-state index < -0.39 is 23.7 Å². The molecule has 1 aliphatic carbocycles. The van der Waals surface area contributed by atoms with Crippen LogP contribution in [-0.2, 0) is 9.59 Å². The van der Waals surface area contributed by atoms with Gasteiger partial charge in [-0.1, -0.05) is 41.9 Å². The quantitative estimate of drug-likeness (QED) is 0.337. The Kier molecular flexibility index (Phi) is 6.89. The Morgan fingerprint density at radius 1 is 1.07 bits per heavy atom. The number of hydrogen-bond donors (Lipinski definition) is 4. The molecule has 0 aromatic heterocycles. The second-order valence-electron chi connectivity index (χ2n) is 7.20. The van der Waals surface area contributed by atoms with Crippen molar-refractivity contribution >= 4 is 35.1 Å². The van der Waals surface area contributed by atoms with E-state index in [1.165, 1.54) is 17.7 Å². The molecule has 3 atom stereocenters. The van der Waals surface area contributed by atoms with Gasteiger partial charge in [0.2, 0.25) is 0 Å². The summed E-state index contributed by atoms with van der Waals surface area (Å²) in [5, 5.41) is 4.98. The Hall–Kier alpha value is -3.13. The van der Waals surface area contributed by atoms with E-state index >= 15 is 0 Å². The Morgan fingerprint density at radius 3 is 2.47 bits per heavy atom. The average Bonchev–Trinajstić information content (AvgIpc) is 2.72. The van der Waals surface area contributed by atoms with E-state index in [4.69, 9.17) is 23.1 Å². The van der Waals surface area contributed by atoms with Crippen LogP contribution in [0.1, 0.15) is 30.7 Å². The lowest BCUT2D eigenvalue weighted by atomic mass is 9.79. The molecular formula is C21H23ClFN5O2. The number of anilines is 1. The van der Waals surface area contributed by atoms with Gasteiger partial charge >= 0.3 is 11.8 Å². The summed E-state index contributed by atoms with van der Waals surface area (Å²) >= 11 is 5.62. The summed E-state index contributed by atoms with van der Waals surface area (Å²) in [6.45, 7) is 0. The van der Waals surface area contributed by atoms with E-state index in [9.17, 15) is 14.0 Å². The van der Waals surface area contributed by atoms with Crippen molar-refractivity contribution in [1.82, 2.24) is 5.32 Å². The van der Waals surface area contributed by atoms with Crippen molar-refractivity contribution in [2.45, 2.75) is 37.3 Å². The molecule has 3 unspecified atom stereocenters. The average molecular weight is 432 g/mol. The van der Waals surface area contributed by atoms with Crippen molar-refractivity contribution in [3.8, 4) is 0 Å². The van der Waals surface area contributed by atoms with Crippen LogP contribution in [0.5, 0.6) is 0 Å². The molecule has 2 amide bonds. The van der Waals surface area contributed by atoms with Crippen molar-refractivity contribution in [3.05, 3.63) is 64.9 Å². The van der Waals surface area contributed by atoms with Crippen LogP contribution in [-0.4, -0.2) is 29.9 Å². The molecule has 3 rings (SSSR count). The Balaban J connectivity index is 1.66. The van der Waals surface area contributed by atoms with Crippen molar-refractivity contribution < 1.29 is 14.0 Å². The molecule has 0 saturated heterocycles. The Bertz CT molecular complexity index is 950. The van der Waals surface area contributed by atoms with Crippen LogP contribution in [0.2, 0.25) is 5.02 Å². The number of carbonyl (C=O) groups excluding carboxylic acids is 2. The van der Waals surface area contributed by atoms with Gasteiger partial charge < -0.3 is 22.1 Å². The molecule has 0 spiro atoms. The first-order valence-corrected chi connectivity index (χ1v) is 9.92. The van der Waals surface area contributed by atoms with Crippen LogP contribution in [0.3, 0.4) is 0 Å². The number of benzene rings is 2. The van der Waals surface area contributed by atoms with Gasteiger partial charge in [-0.2, -0.15) is 0 Å². The predicted octanol–water partition coefficient (Wildman–Crippen LogP) is 2.51. The molecule has 1 aliphatic rings. The lowest BCUT2D eigenvalue weighted by Gasteiger charge is -2.34. The van der Waals surface area contributed by atoms with Gasteiger partial charge in [-0.15, -0.1) is 0 Å². The van der Waals surface area contributed by atoms with E-state index in [0.29, 0.717) is 12.8 Å². The highest BCUT2D eigenvalue weighted by atomic mass is 35.5. The molecule has 30 heavy (non-hydrogen) atoms. The molecule has 1 saturated carbocycles. The SMILES string of the molecule is NC(N)=NC1CC(c2ccccc2)CCC1NC(=O)C(=O)Nc1ccc(Cl)c(F)c1. The predicted molar refractivity (Wildman–Crippen MR) is 115 cm³/mol. The second kappa shape index (κ2) is 9.58. The summed E-state index contributed by atoms with van der Waals surface area (Å²) in [7, 11) is 0. The fraction of sp³-hybridized carbons (Fsp3) is 0.286. The summed E-state index contributed by atoms with van der Waals surface area (Å²) in [6, 6.07) is 13.0. The van der Waals surface area contributed by atoms with Crippen LogP contribution in [0, 0.1) is 5.82 Å². The van der Waals surface area contributed by atoms with Crippen molar-refractivity contribution in [1.29, 1.82) is 0 Å². The van der Waals surface area contributed by atoms with Crippen molar-refractivity contribution in [3.63, 3.8) is 0 Å².